The molecule has 0 spiro atoms. The van der Waals surface area contributed by atoms with Crippen LogP contribution in [0.4, 0.5) is 0 Å². The fraction of sp³-hybridized carbons (Fsp3) is 0.607. The zero-order valence-electron chi connectivity index (χ0n) is 21.2. The van der Waals surface area contributed by atoms with Gasteiger partial charge in [-0.25, -0.2) is 4.79 Å². The minimum absolute atomic E-state index is 0.168. The summed E-state index contributed by atoms with van der Waals surface area (Å²) in [5, 5.41) is 11.8. The van der Waals surface area contributed by atoms with E-state index in [4.69, 9.17) is 13.9 Å². The molecule has 7 heteroatoms. The van der Waals surface area contributed by atoms with Crippen LogP contribution in [0, 0.1) is 22.7 Å². The summed E-state index contributed by atoms with van der Waals surface area (Å²) in [5.41, 5.74) is -0.924. The molecule has 0 saturated heterocycles. The topological polar surface area (TPSA) is 98.9 Å². The number of fused-ring (bicyclic) bond motifs is 4. The predicted octanol–water partition coefficient (Wildman–Crippen LogP) is 5.06. The van der Waals surface area contributed by atoms with Crippen LogP contribution in [-0.4, -0.2) is 27.8 Å². The van der Waals surface area contributed by atoms with Crippen LogP contribution in [0.3, 0.4) is 0 Å². The van der Waals surface area contributed by atoms with Crippen molar-refractivity contribution in [1.29, 1.82) is 0 Å². The van der Waals surface area contributed by atoms with Gasteiger partial charge in [0.2, 0.25) is 0 Å². The van der Waals surface area contributed by atoms with Gasteiger partial charge in [0.05, 0.1) is 6.10 Å². The largest absolute Gasteiger partial charge is 0.486 e. The first-order chi connectivity index (χ1) is 16.5. The summed E-state index contributed by atoms with van der Waals surface area (Å²) in [4.78, 5) is 29.4. The number of hydrogen-bond acceptors (Lipinski definition) is 7. The number of esters is 1. The fourth-order valence-corrected chi connectivity index (χ4v) is 7.58. The average Bonchev–Trinajstić information content (AvgIpc) is 2.80. The van der Waals surface area contributed by atoms with Crippen molar-refractivity contribution in [3.05, 3.63) is 46.6 Å². The molecule has 2 aromatic heterocycles. The summed E-state index contributed by atoms with van der Waals surface area (Å²) in [6, 6.07) is 5.30. The van der Waals surface area contributed by atoms with Crippen LogP contribution in [0.1, 0.15) is 78.4 Å². The summed E-state index contributed by atoms with van der Waals surface area (Å²) in [6.45, 7) is 10.4. The highest BCUT2D eigenvalue weighted by molar-refractivity contribution is 5.69. The first-order valence-electron chi connectivity index (χ1n) is 12.7. The molecule has 5 rings (SSSR count). The van der Waals surface area contributed by atoms with Crippen molar-refractivity contribution in [2.24, 2.45) is 22.7 Å². The van der Waals surface area contributed by atoms with Gasteiger partial charge in [-0.2, -0.15) is 0 Å². The smallest absolute Gasteiger partial charge is 0.345 e. The number of hydrogen-bond donors (Lipinski definition) is 1. The van der Waals surface area contributed by atoms with Gasteiger partial charge in [-0.05, 0) is 56.1 Å². The number of aliphatic hydroxyl groups is 1. The van der Waals surface area contributed by atoms with Gasteiger partial charge in [0.1, 0.15) is 28.8 Å². The maximum absolute atomic E-state index is 13.2. The molecule has 3 aliphatic rings. The van der Waals surface area contributed by atoms with Crippen molar-refractivity contribution in [3.63, 3.8) is 0 Å². The molecule has 2 fully saturated rings. The third-order valence-electron chi connectivity index (χ3n) is 9.18. The van der Waals surface area contributed by atoms with Crippen molar-refractivity contribution >= 4 is 5.97 Å². The normalized spacial score (nSPS) is 35.1. The van der Waals surface area contributed by atoms with Gasteiger partial charge in [-0.3, -0.25) is 9.78 Å². The van der Waals surface area contributed by atoms with Gasteiger partial charge < -0.3 is 19.0 Å². The van der Waals surface area contributed by atoms with Crippen molar-refractivity contribution in [1.82, 2.24) is 4.98 Å². The molecule has 6 atom stereocenters. The van der Waals surface area contributed by atoms with E-state index in [1.165, 1.54) is 0 Å². The minimum atomic E-state index is -1.01. The predicted molar refractivity (Wildman–Crippen MR) is 130 cm³/mol. The summed E-state index contributed by atoms with van der Waals surface area (Å²) >= 11 is 0. The molecular weight excluding hydrogens is 446 g/mol. The van der Waals surface area contributed by atoms with Crippen LogP contribution in [-0.2, 0) is 9.53 Å². The molecule has 188 valence electrons. The second kappa shape index (κ2) is 8.19. The highest BCUT2D eigenvalue weighted by Gasteiger charge is 2.65. The molecule has 0 amide bonds. The Balaban J connectivity index is 1.54. The van der Waals surface area contributed by atoms with Crippen molar-refractivity contribution in [2.45, 2.75) is 84.5 Å². The highest BCUT2D eigenvalue weighted by Crippen LogP contribution is 2.67. The maximum atomic E-state index is 13.2. The number of aliphatic hydroxyl groups excluding tert-OH is 1. The van der Waals surface area contributed by atoms with Crippen molar-refractivity contribution in [2.75, 3.05) is 0 Å². The van der Waals surface area contributed by atoms with Crippen LogP contribution in [0.2, 0.25) is 0 Å². The molecule has 1 aliphatic heterocycles. The maximum Gasteiger partial charge on any atom is 0.345 e. The lowest BCUT2D eigenvalue weighted by molar-refractivity contribution is -0.227. The molecular formula is C28H35NO6. The summed E-state index contributed by atoms with van der Waals surface area (Å²) in [7, 11) is 0. The summed E-state index contributed by atoms with van der Waals surface area (Å²) < 4.78 is 18.1. The fourth-order valence-electron chi connectivity index (χ4n) is 7.58. The Kier molecular flexibility index (Phi) is 5.62. The lowest BCUT2D eigenvalue weighted by Gasteiger charge is -2.65. The van der Waals surface area contributed by atoms with E-state index in [1.54, 1.807) is 24.5 Å². The number of nitrogens with zero attached hydrogens (tertiary/aromatic N) is 1. The number of carbonyl (C=O) groups excluding carboxylic acids is 1. The molecule has 2 saturated carbocycles. The molecule has 1 N–H and O–H groups in total. The third kappa shape index (κ3) is 3.62. The molecule has 0 unspecified atom stereocenters. The van der Waals surface area contributed by atoms with E-state index in [9.17, 15) is 14.7 Å². The zero-order chi connectivity index (χ0) is 25.2. The first-order valence-corrected chi connectivity index (χ1v) is 12.7. The molecule has 0 bridgehead atoms. The monoisotopic (exact) mass is 481 g/mol. The van der Waals surface area contributed by atoms with E-state index < -0.39 is 17.3 Å². The average molecular weight is 482 g/mol. The Bertz CT molecular complexity index is 1190. The molecule has 2 aliphatic carbocycles. The molecule has 3 heterocycles. The van der Waals surface area contributed by atoms with E-state index in [-0.39, 0.29) is 40.3 Å². The second-order valence-electron chi connectivity index (χ2n) is 11.5. The summed E-state index contributed by atoms with van der Waals surface area (Å²) in [5.74, 6) is 0.478. The lowest BCUT2D eigenvalue weighted by atomic mass is 9.43. The number of ether oxygens (including phenoxy) is 2. The number of pyridine rings is 1. The SMILES string of the molecule is CCC(=O)O[C@H]1CC[C@]2(C)[C@H]3[C@@H](O)c4c(cc(-c5cccnc5)oc4=O)O[C@]3(C)CC[C@H]2C1(C)C. The third-order valence-corrected chi connectivity index (χ3v) is 9.18. The van der Waals surface area contributed by atoms with Crippen molar-refractivity contribution in [3.8, 4) is 17.1 Å². The Morgan fingerprint density at radius 2 is 2.00 bits per heavy atom. The van der Waals surface area contributed by atoms with Gasteiger partial charge in [0.25, 0.3) is 0 Å². The Morgan fingerprint density at radius 1 is 1.23 bits per heavy atom. The van der Waals surface area contributed by atoms with Crippen LogP contribution < -0.4 is 10.4 Å². The van der Waals surface area contributed by atoms with E-state index in [1.807, 2.05) is 13.0 Å². The van der Waals surface area contributed by atoms with Gasteiger partial charge in [-0.1, -0.05) is 27.7 Å². The van der Waals surface area contributed by atoms with Gasteiger partial charge >= 0.3 is 11.6 Å². The Labute approximate surface area is 205 Å². The molecule has 7 nitrogen and oxygen atoms in total. The van der Waals surface area contributed by atoms with E-state index in [2.05, 4.69) is 32.7 Å². The van der Waals surface area contributed by atoms with Gasteiger partial charge in [0.15, 0.2) is 0 Å². The van der Waals surface area contributed by atoms with E-state index in [0.717, 1.165) is 19.3 Å². The molecule has 35 heavy (non-hydrogen) atoms. The van der Waals surface area contributed by atoms with Crippen LogP contribution in [0.25, 0.3) is 11.3 Å². The van der Waals surface area contributed by atoms with E-state index in [0.29, 0.717) is 29.9 Å². The van der Waals surface area contributed by atoms with Crippen molar-refractivity contribution < 1.29 is 23.8 Å². The standard InChI is InChI=1S/C28H35NO6/c1-6-21(30)34-20-10-11-27(4)19(26(20,2)3)9-12-28(5)24(27)23(31)22-18(35-28)14-17(33-25(22)32)16-8-7-13-29-15-16/h7-8,13-15,19-20,23-24,31H,6,9-12H2,1-5H3/t19-,20-,23-,24+,27-,28+/m0/s1. The minimum Gasteiger partial charge on any atom is -0.486 e. The molecule has 0 aromatic carbocycles. The first kappa shape index (κ1) is 24.0. The number of rotatable bonds is 3. The van der Waals surface area contributed by atoms with Crippen LogP contribution in [0.15, 0.2) is 39.8 Å². The number of carbonyl (C=O) groups is 1. The summed E-state index contributed by atoms with van der Waals surface area (Å²) in [6.07, 6.45) is 5.57. The quantitative estimate of drug-likeness (QED) is 0.612. The van der Waals surface area contributed by atoms with Gasteiger partial charge in [-0.15, -0.1) is 0 Å². The zero-order valence-corrected chi connectivity index (χ0v) is 21.2. The lowest BCUT2D eigenvalue weighted by Crippen LogP contribution is -2.65. The molecule has 2 aromatic rings. The Morgan fingerprint density at radius 3 is 2.69 bits per heavy atom. The molecule has 0 radical (unpaired) electrons. The van der Waals surface area contributed by atoms with Crippen LogP contribution >= 0.6 is 0 Å². The Hall–Kier alpha value is -2.67. The number of aromatic nitrogens is 1. The highest BCUT2D eigenvalue weighted by atomic mass is 16.5. The van der Waals surface area contributed by atoms with Gasteiger partial charge in [0, 0.05) is 41.8 Å². The second-order valence-corrected chi connectivity index (χ2v) is 11.5. The van der Waals surface area contributed by atoms with E-state index >= 15 is 0 Å². The van der Waals surface area contributed by atoms with Crippen LogP contribution in [0.5, 0.6) is 5.75 Å².